The molecule has 2 rings (SSSR count). The van der Waals surface area contributed by atoms with Crippen molar-refractivity contribution in [3.05, 3.63) is 18.2 Å². The summed E-state index contributed by atoms with van der Waals surface area (Å²) in [5.41, 5.74) is 0. The van der Waals surface area contributed by atoms with Crippen molar-refractivity contribution in [2.45, 2.75) is 38.3 Å². The van der Waals surface area contributed by atoms with Crippen LogP contribution < -0.4 is 5.32 Å². The summed E-state index contributed by atoms with van der Waals surface area (Å²) in [5, 5.41) is 12.9. The van der Waals surface area contributed by atoms with Gasteiger partial charge in [0.25, 0.3) is 0 Å². The number of likely N-dealkylation sites (N-methyl/N-ethyl adjacent to an activating group) is 1. The smallest absolute Gasteiger partial charge is 0.237 e. The molecule has 0 saturated carbocycles. The number of nitrogens with zero attached hydrogens (tertiary/aromatic N) is 3. The van der Waals surface area contributed by atoms with E-state index >= 15 is 0 Å². The van der Waals surface area contributed by atoms with Crippen molar-refractivity contribution in [2.24, 2.45) is 7.05 Å². The topological polar surface area (TPSA) is 70.4 Å². The molecule has 6 nitrogen and oxygen atoms in total. The predicted octanol–water partition coefficient (Wildman–Crippen LogP) is 0.444. The Kier molecular flexibility index (Phi) is 5.14. The third kappa shape index (κ3) is 3.37. The lowest BCUT2D eigenvalue weighted by molar-refractivity contribution is -0.128. The van der Waals surface area contributed by atoms with Gasteiger partial charge in [-0.05, 0) is 25.9 Å². The number of imidazole rings is 1. The minimum atomic E-state index is -0.766. The van der Waals surface area contributed by atoms with E-state index in [0.29, 0.717) is 5.82 Å². The van der Waals surface area contributed by atoms with E-state index in [0.717, 1.165) is 32.4 Å². The summed E-state index contributed by atoms with van der Waals surface area (Å²) in [6, 6.07) is -0.0534. The molecule has 0 bridgehead atoms. The number of aromatic nitrogens is 2. The number of hydrogen-bond donors (Lipinski definition) is 2. The molecular formula is C14H24N4O2. The number of nitrogens with one attached hydrogen (secondary N) is 1. The first-order valence-electron chi connectivity index (χ1n) is 7.30. The number of piperidine rings is 1. The third-order valence-electron chi connectivity index (χ3n) is 3.95. The fourth-order valence-electron chi connectivity index (χ4n) is 2.77. The maximum Gasteiger partial charge on any atom is 0.237 e. The summed E-state index contributed by atoms with van der Waals surface area (Å²) in [4.78, 5) is 18.5. The zero-order chi connectivity index (χ0) is 14.5. The van der Waals surface area contributed by atoms with Crippen LogP contribution in [0.4, 0.5) is 0 Å². The molecule has 0 radical (unpaired) electrons. The highest BCUT2D eigenvalue weighted by Crippen LogP contribution is 2.17. The molecule has 0 aliphatic carbocycles. The van der Waals surface area contributed by atoms with Crippen molar-refractivity contribution >= 4 is 5.91 Å². The van der Waals surface area contributed by atoms with Crippen LogP contribution in [-0.2, 0) is 11.8 Å². The zero-order valence-electron chi connectivity index (χ0n) is 12.2. The number of carbonyl (C=O) groups is 1. The largest absolute Gasteiger partial charge is 0.383 e. The highest BCUT2D eigenvalue weighted by atomic mass is 16.3. The molecule has 1 saturated heterocycles. The van der Waals surface area contributed by atoms with Gasteiger partial charge >= 0.3 is 0 Å². The summed E-state index contributed by atoms with van der Waals surface area (Å²) in [6.07, 6.45) is 5.81. The normalized spacial score (nSPS) is 21.6. The minimum absolute atomic E-state index is 0.0137. The second kappa shape index (κ2) is 6.85. The number of aliphatic hydroxyl groups excluding tert-OH is 1. The molecule has 0 aromatic carbocycles. The lowest BCUT2D eigenvalue weighted by atomic mass is 10.0. The quantitative estimate of drug-likeness (QED) is 0.821. The first-order chi connectivity index (χ1) is 9.63. The average molecular weight is 280 g/mol. The van der Waals surface area contributed by atoms with Crippen molar-refractivity contribution in [1.82, 2.24) is 19.8 Å². The maximum absolute atomic E-state index is 12.2. The van der Waals surface area contributed by atoms with E-state index in [1.165, 1.54) is 0 Å². The van der Waals surface area contributed by atoms with Gasteiger partial charge in [0.1, 0.15) is 11.9 Å². The van der Waals surface area contributed by atoms with Crippen LogP contribution in [0.3, 0.4) is 0 Å². The third-order valence-corrected chi connectivity index (χ3v) is 3.95. The number of amides is 1. The molecule has 0 spiro atoms. The van der Waals surface area contributed by atoms with Crippen LogP contribution in [0.5, 0.6) is 0 Å². The Balaban J connectivity index is 1.87. The van der Waals surface area contributed by atoms with Crippen LogP contribution >= 0.6 is 0 Å². The molecule has 2 heterocycles. The van der Waals surface area contributed by atoms with E-state index in [9.17, 15) is 9.90 Å². The van der Waals surface area contributed by atoms with Gasteiger partial charge in [0.05, 0.1) is 12.6 Å². The van der Waals surface area contributed by atoms with E-state index in [-0.39, 0.29) is 18.5 Å². The molecule has 1 amide bonds. The summed E-state index contributed by atoms with van der Waals surface area (Å²) in [7, 11) is 1.83. The molecule has 1 aliphatic heterocycles. The number of likely N-dealkylation sites (tertiary alicyclic amines) is 1. The summed E-state index contributed by atoms with van der Waals surface area (Å²) in [6.45, 7) is 4.16. The Bertz CT molecular complexity index is 446. The molecule has 1 aromatic rings. The first-order valence-corrected chi connectivity index (χ1v) is 7.30. The highest BCUT2D eigenvalue weighted by molar-refractivity contribution is 5.81. The van der Waals surface area contributed by atoms with Gasteiger partial charge in [0, 0.05) is 19.4 Å². The Morgan fingerprint density at radius 2 is 2.40 bits per heavy atom. The summed E-state index contributed by atoms with van der Waals surface area (Å²) < 4.78 is 1.76. The van der Waals surface area contributed by atoms with Gasteiger partial charge < -0.3 is 15.0 Å². The van der Waals surface area contributed by atoms with Crippen molar-refractivity contribution in [3.8, 4) is 0 Å². The predicted molar refractivity (Wildman–Crippen MR) is 76.1 cm³/mol. The average Bonchev–Trinajstić information content (AvgIpc) is 2.90. The Morgan fingerprint density at radius 1 is 1.60 bits per heavy atom. The number of aryl methyl sites for hydroxylation is 1. The van der Waals surface area contributed by atoms with Crippen LogP contribution in [0.25, 0.3) is 0 Å². The molecule has 1 aliphatic rings. The molecule has 2 unspecified atom stereocenters. The lowest BCUT2D eigenvalue weighted by Crippen LogP contribution is -2.50. The number of aliphatic hydroxyl groups is 1. The molecule has 20 heavy (non-hydrogen) atoms. The van der Waals surface area contributed by atoms with Gasteiger partial charge in [0.2, 0.25) is 5.91 Å². The molecule has 2 N–H and O–H groups in total. The Hall–Kier alpha value is -1.40. The number of rotatable bonds is 5. The fraction of sp³-hybridized carbons (Fsp3) is 0.714. The molecule has 1 fully saturated rings. The van der Waals surface area contributed by atoms with Gasteiger partial charge in [-0.3, -0.25) is 9.69 Å². The Morgan fingerprint density at radius 3 is 3.05 bits per heavy atom. The van der Waals surface area contributed by atoms with Crippen LogP contribution in [0, 0.1) is 0 Å². The van der Waals surface area contributed by atoms with Crippen LogP contribution in [0.1, 0.15) is 38.1 Å². The second-order valence-corrected chi connectivity index (χ2v) is 5.30. The van der Waals surface area contributed by atoms with Crippen LogP contribution in [0.2, 0.25) is 0 Å². The van der Waals surface area contributed by atoms with Gasteiger partial charge in [-0.1, -0.05) is 13.3 Å². The first kappa shape index (κ1) is 15.0. The van der Waals surface area contributed by atoms with E-state index in [4.69, 9.17) is 0 Å². The number of carbonyl (C=O) groups excluding carboxylic acids is 1. The Labute approximate surface area is 119 Å². The monoisotopic (exact) mass is 280 g/mol. The molecular weight excluding hydrogens is 256 g/mol. The molecule has 2 atom stereocenters. The van der Waals surface area contributed by atoms with E-state index < -0.39 is 6.10 Å². The molecule has 112 valence electrons. The summed E-state index contributed by atoms with van der Waals surface area (Å²) >= 11 is 0. The van der Waals surface area contributed by atoms with Crippen molar-refractivity contribution < 1.29 is 9.90 Å². The van der Waals surface area contributed by atoms with Crippen molar-refractivity contribution in [3.63, 3.8) is 0 Å². The molecule has 1 aromatic heterocycles. The van der Waals surface area contributed by atoms with E-state index in [1.54, 1.807) is 17.0 Å². The van der Waals surface area contributed by atoms with E-state index in [2.05, 4.69) is 22.1 Å². The van der Waals surface area contributed by atoms with Crippen LogP contribution in [-0.4, -0.2) is 51.1 Å². The van der Waals surface area contributed by atoms with Gasteiger partial charge in [-0.25, -0.2) is 4.98 Å². The van der Waals surface area contributed by atoms with Crippen molar-refractivity contribution in [1.29, 1.82) is 0 Å². The van der Waals surface area contributed by atoms with Crippen molar-refractivity contribution in [2.75, 3.05) is 19.6 Å². The van der Waals surface area contributed by atoms with Crippen LogP contribution in [0.15, 0.2) is 12.4 Å². The van der Waals surface area contributed by atoms with Gasteiger partial charge in [-0.15, -0.1) is 0 Å². The lowest BCUT2D eigenvalue weighted by Gasteiger charge is -2.33. The maximum atomic E-state index is 12.2. The minimum Gasteiger partial charge on any atom is -0.383 e. The zero-order valence-corrected chi connectivity index (χ0v) is 12.2. The number of hydrogen-bond acceptors (Lipinski definition) is 4. The summed E-state index contributed by atoms with van der Waals surface area (Å²) in [5.74, 6) is 0.584. The van der Waals surface area contributed by atoms with Gasteiger partial charge in [-0.2, -0.15) is 0 Å². The second-order valence-electron chi connectivity index (χ2n) is 5.30. The fourth-order valence-corrected chi connectivity index (χ4v) is 2.77. The SMILES string of the molecule is CCN1CCCCC1C(=O)NCC(O)c1nccn1C. The molecule has 6 heteroatoms. The van der Waals surface area contributed by atoms with Gasteiger partial charge in [0.15, 0.2) is 0 Å². The standard InChI is InChI=1S/C14H24N4O2/c1-3-18-8-5-4-6-11(18)14(20)16-10-12(19)13-15-7-9-17(13)2/h7,9,11-12,19H,3-6,8,10H2,1-2H3,(H,16,20). The van der Waals surface area contributed by atoms with E-state index in [1.807, 2.05) is 7.05 Å². The highest BCUT2D eigenvalue weighted by Gasteiger charge is 2.27.